The predicted octanol–water partition coefficient (Wildman–Crippen LogP) is 1.67. The van der Waals surface area contributed by atoms with Crippen LogP contribution in [0.15, 0.2) is 12.4 Å². The summed E-state index contributed by atoms with van der Waals surface area (Å²) in [5.74, 6) is 0. The van der Waals surface area contributed by atoms with Crippen LogP contribution in [0.2, 0.25) is 0 Å². The van der Waals surface area contributed by atoms with E-state index in [-0.39, 0.29) is 5.60 Å². The molecule has 1 rings (SSSR count). The fourth-order valence-electron chi connectivity index (χ4n) is 1.02. The summed E-state index contributed by atoms with van der Waals surface area (Å²) < 4.78 is 7.48. The molecule has 0 unspecified atom stereocenters. The average Bonchev–Trinajstić information content (AvgIpc) is 2.51. The Morgan fingerprint density at radius 3 is 2.79 bits per heavy atom. The normalized spacial score (nSPS) is 11.9. The Labute approximate surface area is 85.0 Å². The average molecular weight is 197 g/mol. The van der Waals surface area contributed by atoms with Gasteiger partial charge in [-0.1, -0.05) is 6.92 Å². The van der Waals surface area contributed by atoms with Gasteiger partial charge in [-0.3, -0.25) is 4.68 Å². The summed E-state index contributed by atoms with van der Waals surface area (Å²) in [5, 5.41) is 4.07. The van der Waals surface area contributed by atoms with Crippen LogP contribution < -0.4 is 5.73 Å². The molecule has 0 aliphatic carbocycles. The second kappa shape index (κ2) is 4.46. The van der Waals surface area contributed by atoms with Gasteiger partial charge in [0.1, 0.15) is 0 Å². The number of anilines is 1. The van der Waals surface area contributed by atoms with Crippen molar-refractivity contribution in [2.24, 2.45) is 0 Å². The molecule has 0 radical (unpaired) electrons. The van der Waals surface area contributed by atoms with Gasteiger partial charge in [0.25, 0.3) is 0 Å². The van der Waals surface area contributed by atoms with Crippen LogP contribution in [0.25, 0.3) is 0 Å². The van der Waals surface area contributed by atoms with Crippen LogP contribution in [-0.2, 0) is 11.3 Å². The minimum absolute atomic E-state index is 0.0430. The standard InChI is InChI=1S/C10H19N3O/c1-4-10(2,3)14-6-5-13-8-9(11)7-12-13/h7-8H,4-6,11H2,1-3H3. The number of ether oxygens (including phenoxy) is 1. The first kappa shape index (κ1) is 11.0. The lowest BCUT2D eigenvalue weighted by molar-refractivity contribution is -0.0245. The zero-order chi connectivity index (χ0) is 10.6. The van der Waals surface area contributed by atoms with Gasteiger partial charge in [-0.2, -0.15) is 5.10 Å². The number of nitrogen functional groups attached to an aromatic ring is 1. The van der Waals surface area contributed by atoms with E-state index in [0.29, 0.717) is 12.3 Å². The van der Waals surface area contributed by atoms with Gasteiger partial charge < -0.3 is 10.5 Å². The molecule has 0 aliphatic heterocycles. The molecule has 2 N–H and O–H groups in total. The van der Waals surface area contributed by atoms with Gasteiger partial charge in [-0.15, -0.1) is 0 Å². The van der Waals surface area contributed by atoms with Crippen LogP contribution in [-0.4, -0.2) is 22.0 Å². The third-order valence-electron chi connectivity index (χ3n) is 2.32. The first-order valence-corrected chi connectivity index (χ1v) is 4.95. The van der Waals surface area contributed by atoms with Crippen molar-refractivity contribution in [3.8, 4) is 0 Å². The molecule has 1 aromatic rings. The zero-order valence-electron chi connectivity index (χ0n) is 9.16. The third-order valence-corrected chi connectivity index (χ3v) is 2.32. The summed E-state index contributed by atoms with van der Waals surface area (Å²) in [6.07, 6.45) is 4.46. The summed E-state index contributed by atoms with van der Waals surface area (Å²) in [5.41, 5.74) is 6.19. The summed E-state index contributed by atoms with van der Waals surface area (Å²) in [7, 11) is 0. The largest absolute Gasteiger partial charge is 0.396 e. The van der Waals surface area contributed by atoms with Crippen LogP contribution in [0.1, 0.15) is 27.2 Å². The highest BCUT2D eigenvalue weighted by atomic mass is 16.5. The van der Waals surface area contributed by atoms with Crippen molar-refractivity contribution in [3.63, 3.8) is 0 Å². The van der Waals surface area contributed by atoms with Crippen molar-refractivity contribution in [2.75, 3.05) is 12.3 Å². The maximum absolute atomic E-state index is 5.69. The second-order valence-corrected chi connectivity index (χ2v) is 4.00. The lowest BCUT2D eigenvalue weighted by atomic mass is 10.1. The number of hydrogen-bond acceptors (Lipinski definition) is 3. The minimum atomic E-state index is -0.0430. The van der Waals surface area contributed by atoms with Gasteiger partial charge >= 0.3 is 0 Å². The van der Waals surface area contributed by atoms with Crippen LogP contribution in [0.4, 0.5) is 5.69 Å². The monoisotopic (exact) mass is 197 g/mol. The summed E-state index contributed by atoms with van der Waals surface area (Å²) in [6, 6.07) is 0. The quantitative estimate of drug-likeness (QED) is 0.781. The molecule has 0 bridgehead atoms. The maximum Gasteiger partial charge on any atom is 0.0719 e. The van der Waals surface area contributed by atoms with Crippen molar-refractivity contribution in [2.45, 2.75) is 39.3 Å². The minimum Gasteiger partial charge on any atom is -0.396 e. The first-order valence-electron chi connectivity index (χ1n) is 4.95. The number of aromatic nitrogens is 2. The zero-order valence-corrected chi connectivity index (χ0v) is 9.16. The van der Waals surface area contributed by atoms with Crippen molar-refractivity contribution in [1.29, 1.82) is 0 Å². The number of nitrogens with zero attached hydrogens (tertiary/aromatic N) is 2. The fraction of sp³-hybridized carbons (Fsp3) is 0.700. The van der Waals surface area contributed by atoms with Crippen LogP contribution in [0, 0.1) is 0 Å². The van der Waals surface area contributed by atoms with Gasteiger partial charge in [-0.25, -0.2) is 0 Å². The molecule has 0 aliphatic rings. The molecular formula is C10H19N3O. The molecule has 4 nitrogen and oxygen atoms in total. The Hall–Kier alpha value is -1.03. The molecular weight excluding hydrogens is 178 g/mol. The summed E-state index contributed by atoms with van der Waals surface area (Å²) in [6.45, 7) is 7.71. The van der Waals surface area contributed by atoms with E-state index < -0.39 is 0 Å². The smallest absolute Gasteiger partial charge is 0.0719 e. The van der Waals surface area contributed by atoms with E-state index in [1.165, 1.54) is 0 Å². The number of hydrogen-bond donors (Lipinski definition) is 1. The Balaban J connectivity index is 2.28. The first-order chi connectivity index (χ1) is 6.53. The maximum atomic E-state index is 5.69. The van der Waals surface area contributed by atoms with E-state index in [2.05, 4.69) is 25.9 Å². The number of rotatable bonds is 5. The molecule has 0 aromatic carbocycles. The van der Waals surface area contributed by atoms with E-state index >= 15 is 0 Å². The molecule has 0 amide bonds. The van der Waals surface area contributed by atoms with Gasteiger partial charge in [0.15, 0.2) is 0 Å². The molecule has 0 saturated carbocycles. The lowest BCUT2D eigenvalue weighted by Gasteiger charge is -2.23. The highest BCUT2D eigenvalue weighted by Crippen LogP contribution is 2.13. The summed E-state index contributed by atoms with van der Waals surface area (Å²) in [4.78, 5) is 0. The van der Waals surface area contributed by atoms with Crippen LogP contribution in [0.5, 0.6) is 0 Å². The molecule has 80 valence electrons. The molecule has 0 fully saturated rings. The topological polar surface area (TPSA) is 53.1 Å². The SMILES string of the molecule is CCC(C)(C)OCCn1cc(N)cn1. The van der Waals surface area contributed by atoms with Crippen molar-refractivity contribution >= 4 is 5.69 Å². The Kier molecular flexibility index (Phi) is 3.52. The summed E-state index contributed by atoms with van der Waals surface area (Å²) >= 11 is 0. The Bertz CT molecular complexity index is 281. The lowest BCUT2D eigenvalue weighted by Crippen LogP contribution is -2.25. The highest BCUT2D eigenvalue weighted by Gasteiger charge is 2.14. The van der Waals surface area contributed by atoms with E-state index in [4.69, 9.17) is 10.5 Å². The highest BCUT2D eigenvalue weighted by molar-refractivity contribution is 5.30. The van der Waals surface area contributed by atoms with E-state index in [1.807, 2.05) is 6.20 Å². The van der Waals surface area contributed by atoms with Gasteiger partial charge in [-0.05, 0) is 20.3 Å². The van der Waals surface area contributed by atoms with Crippen molar-refractivity contribution < 1.29 is 4.74 Å². The molecule has 0 atom stereocenters. The van der Waals surface area contributed by atoms with Crippen LogP contribution in [0.3, 0.4) is 0 Å². The Morgan fingerprint density at radius 1 is 1.57 bits per heavy atom. The molecule has 1 heterocycles. The molecule has 14 heavy (non-hydrogen) atoms. The van der Waals surface area contributed by atoms with Crippen LogP contribution >= 0.6 is 0 Å². The molecule has 4 heteroatoms. The second-order valence-electron chi connectivity index (χ2n) is 4.00. The molecule has 0 spiro atoms. The fourth-order valence-corrected chi connectivity index (χ4v) is 1.02. The number of nitrogens with two attached hydrogens (primary N) is 1. The van der Waals surface area contributed by atoms with Gasteiger partial charge in [0, 0.05) is 6.20 Å². The van der Waals surface area contributed by atoms with Crippen molar-refractivity contribution in [3.05, 3.63) is 12.4 Å². The van der Waals surface area contributed by atoms with Gasteiger partial charge in [0.2, 0.25) is 0 Å². The Morgan fingerprint density at radius 2 is 2.29 bits per heavy atom. The molecule has 1 aromatic heterocycles. The third kappa shape index (κ3) is 3.38. The predicted molar refractivity (Wildman–Crippen MR) is 57.0 cm³/mol. The van der Waals surface area contributed by atoms with E-state index in [1.54, 1.807) is 10.9 Å². The van der Waals surface area contributed by atoms with Gasteiger partial charge in [0.05, 0.1) is 30.6 Å². The molecule has 0 saturated heterocycles. The van der Waals surface area contributed by atoms with E-state index in [9.17, 15) is 0 Å². The van der Waals surface area contributed by atoms with Crippen molar-refractivity contribution in [1.82, 2.24) is 9.78 Å². The van der Waals surface area contributed by atoms with E-state index in [0.717, 1.165) is 13.0 Å².